The normalized spacial score (nSPS) is 18.0. The van der Waals surface area contributed by atoms with Gasteiger partial charge in [0.1, 0.15) is 5.82 Å². The van der Waals surface area contributed by atoms with Gasteiger partial charge >= 0.3 is 0 Å². The van der Waals surface area contributed by atoms with Crippen molar-refractivity contribution < 1.29 is 4.79 Å². The molecule has 0 unspecified atom stereocenters. The van der Waals surface area contributed by atoms with Crippen LogP contribution in [0.5, 0.6) is 0 Å². The number of aryl methyl sites for hydroxylation is 1. The van der Waals surface area contributed by atoms with E-state index < -0.39 is 0 Å². The van der Waals surface area contributed by atoms with E-state index in [0.29, 0.717) is 10.8 Å². The Balaban J connectivity index is 1.64. The van der Waals surface area contributed by atoms with Gasteiger partial charge in [-0.1, -0.05) is 11.6 Å². The number of nitrogens with one attached hydrogen (secondary N) is 2. The molecule has 0 aliphatic heterocycles. The minimum atomic E-state index is -0.330. The van der Waals surface area contributed by atoms with E-state index in [1.807, 2.05) is 17.8 Å². The first kappa shape index (κ1) is 16.9. The summed E-state index contributed by atoms with van der Waals surface area (Å²) in [6, 6.07) is 3.22. The summed E-state index contributed by atoms with van der Waals surface area (Å²) >= 11 is 5.81. The maximum Gasteiger partial charge on any atom is 0.242 e. The molecule has 1 amide bonds. The number of pyridine rings is 1. The Hall–Kier alpha value is -1.92. The Bertz CT molecular complexity index is 712. The number of hydrogen-bond donors (Lipinski definition) is 2. The van der Waals surface area contributed by atoms with E-state index in [1.165, 1.54) is 17.5 Å². The number of aromatic nitrogens is 3. The van der Waals surface area contributed by atoms with Crippen LogP contribution in [0.4, 0.5) is 5.82 Å². The molecular formula is C17H22ClN5O. The molecule has 3 rings (SSSR count). The minimum absolute atomic E-state index is 0.111. The number of rotatable bonds is 5. The predicted octanol–water partition coefficient (Wildman–Crippen LogP) is 2.95. The molecule has 0 fully saturated rings. The molecule has 0 bridgehead atoms. The first-order valence-corrected chi connectivity index (χ1v) is 8.69. The van der Waals surface area contributed by atoms with Gasteiger partial charge in [-0.25, -0.2) is 4.98 Å². The average Bonchev–Trinajstić information content (AvgIpc) is 3.01. The van der Waals surface area contributed by atoms with Gasteiger partial charge in [0.25, 0.3) is 0 Å². The summed E-state index contributed by atoms with van der Waals surface area (Å²) in [5, 5.41) is 11.2. The third kappa shape index (κ3) is 3.60. The molecule has 6 nitrogen and oxygen atoms in total. The minimum Gasteiger partial charge on any atom is -0.309 e. The molecule has 2 heterocycles. The molecule has 2 aromatic heterocycles. The fraction of sp³-hybridized carbons (Fsp3) is 0.471. The van der Waals surface area contributed by atoms with Gasteiger partial charge in [-0.15, -0.1) is 0 Å². The first-order chi connectivity index (χ1) is 11.6. The van der Waals surface area contributed by atoms with Crippen molar-refractivity contribution in [3.05, 3.63) is 40.8 Å². The predicted molar refractivity (Wildman–Crippen MR) is 94.1 cm³/mol. The highest BCUT2D eigenvalue weighted by atomic mass is 35.5. The van der Waals surface area contributed by atoms with Crippen LogP contribution in [0.2, 0.25) is 5.02 Å². The van der Waals surface area contributed by atoms with E-state index in [0.717, 1.165) is 25.8 Å². The van der Waals surface area contributed by atoms with Gasteiger partial charge in [0, 0.05) is 30.0 Å². The number of halogens is 1. The lowest BCUT2D eigenvalue weighted by molar-refractivity contribution is -0.118. The molecule has 24 heavy (non-hydrogen) atoms. The van der Waals surface area contributed by atoms with Crippen LogP contribution in [0.15, 0.2) is 24.5 Å². The number of hydrogen-bond acceptors (Lipinski definition) is 4. The molecule has 1 aliphatic carbocycles. The van der Waals surface area contributed by atoms with Crippen LogP contribution in [0, 0.1) is 0 Å². The zero-order chi connectivity index (χ0) is 17.1. The first-order valence-electron chi connectivity index (χ1n) is 8.31. The van der Waals surface area contributed by atoms with E-state index in [2.05, 4.69) is 27.6 Å². The molecular weight excluding hydrogens is 326 g/mol. The Morgan fingerprint density at radius 1 is 1.46 bits per heavy atom. The van der Waals surface area contributed by atoms with E-state index in [-0.39, 0.29) is 18.0 Å². The van der Waals surface area contributed by atoms with Crippen LogP contribution in [0.1, 0.15) is 44.0 Å². The second-order valence-corrected chi connectivity index (χ2v) is 6.48. The van der Waals surface area contributed by atoms with Crippen LogP contribution >= 0.6 is 11.6 Å². The lowest BCUT2D eigenvalue weighted by Gasteiger charge is -2.27. The maximum atomic E-state index is 12.4. The lowest BCUT2D eigenvalue weighted by atomic mass is 9.92. The summed E-state index contributed by atoms with van der Waals surface area (Å²) in [5.74, 6) is 0.390. The van der Waals surface area contributed by atoms with E-state index in [9.17, 15) is 4.79 Å². The van der Waals surface area contributed by atoms with Gasteiger partial charge in [-0.3, -0.25) is 14.8 Å². The molecule has 0 saturated carbocycles. The highest BCUT2D eigenvalue weighted by Gasteiger charge is 2.26. The van der Waals surface area contributed by atoms with Crippen LogP contribution in [0.25, 0.3) is 0 Å². The van der Waals surface area contributed by atoms with E-state index >= 15 is 0 Å². The fourth-order valence-corrected chi connectivity index (χ4v) is 3.24. The van der Waals surface area contributed by atoms with Gasteiger partial charge < -0.3 is 5.32 Å². The molecule has 2 atom stereocenters. The van der Waals surface area contributed by atoms with Crippen molar-refractivity contribution in [2.45, 2.75) is 51.7 Å². The van der Waals surface area contributed by atoms with Crippen LogP contribution in [0.3, 0.4) is 0 Å². The van der Waals surface area contributed by atoms with Crippen molar-refractivity contribution in [1.29, 1.82) is 0 Å². The van der Waals surface area contributed by atoms with Gasteiger partial charge in [0.05, 0.1) is 17.3 Å². The Kier molecular flexibility index (Phi) is 5.16. The molecule has 0 spiro atoms. The molecule has 128 valence electrons. The zero-order valence-corrected chi connectivity index (χ0v) is 14.7. The molecule has 7 heteroatoms. The van der Waals surface area contributed by atoms with E-state index in [1.54, 1.807) is 12.1 Å². The topological polar surface area (TPSA) is 71.8 Å². The smallest absolute Gasteiger partial charge is 0.242 e. The van der Waals surface area contributed by atoms with Crippen molar-refractivity contribution in [2.24, 2.45) is 0 Å². The van der Waals surface area contributed by atoms with Crippen molar-refractivity contribution in [1.82, 2.24) is 20.1 Å². The zero-order valence-electron chi connectivity index (χ0n) is 13.9. The molecule has 1 aliphatic rings. The molecule has 0 saturated heterocycles. The summed E-state index contributed by atoms with van der Waals surface area (Å²) in [4.78, 5) is 16.5. The van der Waals surface area contributed by atoms with Crippen LogP contribution < -0.4 is 10.6 Å². The van der Waals surface area contributed by atoms with Gasteiger partial charge in [-0.05, 0) is 45.2 Å². The molecule has 0 aromatic carbocycles. The largest absolute Gasteiger partial charge is 0.309 e. The number of anilines is 1. The summed E-state index contributed by atoms with van der Waals surface area (Å²) in [6.45, 7) is 4.84. The third-order valence-electron chi connectivity index (χ3n) is 4.39. The second-order valence-electron chi connectivity index (χ2n) is 6.05. The Labute approximate surface area is 146 Å². The summed E-state index contributed by atoms with van der Waals surface area (Å²) < 4.78 is 2.05. The maximum absolute atomic E-state index is 12.4. The van der Waals surface area contributed by atoms with Crippen molar-refractivity contribution in [3.63, 3.8) is 0 Å². The van der Waals surface area contributed by atoms with Gasteiger partial charge in [0.15, 0.2) is 0 Å². The highest BCUT2D eigenvalue weighted by Crippen LogP contribution is 2.30. The summed E-state index contributed by atoms with van der Waals surface area (Å²) in [5.41, 5.74) is 2.50. The standard InChI is InChI=1S/C17H22ClN5O/c1-3-23-15-6-4-5-14(13(15)10-20-23)21-11(2)17(24)22-16-8-7-12(18)9-19-16/h7-11,14,21H,3-6H2,1-2H3,(H,19,22,24)/t11-,14-/m1/s1. The Morgan fingerprint density at radius 2 is 2.29 bits per heavy atom. The van der Waals surface area contributed by atoms with Crippen molar-refractivity contribution >= 4 is 23.3 Å². The number of fused-ring (bicyclic) bond motifs is 1. The lowest BCUT2D eigenvalue weighted by Crippen LogP contribution is -2.41. The number of carbonyl (C=O) groups is 1. The van der Waals surface area contributed by atoms with Gasteiger partial charge in [-0.2, -0.15) is 5.10 Å². The summed E-state index contributed by atoms with van der Waals surface area (Å²) in [6.07, 6.45) is 6.61. The van der Waals surface area contributed by atoms with E-state index in [4.69, 9.17) is 11.6 Å². The third-order valence-corrected chi connectivity index (χ3v) is 4.61. The second kappa shape index (κ2) is 7.32. The molecule has 2 N–H and O–H groups in total. The van der Waals surface area contributed by atoms with Crippen LogP contribution in [-0.2, 0) is 17.8 Å². The highest BCUT2D eigenvalue weighted by molar-refractivity contribution is 6.30. The number of amides is 1. The van der Waals surface area contributed by atoms with Crippen LogP contribution in [-0.4, -0.2) is 26.7 Å². The SMILES string of the molecule is CCn1ncc2c1CCC[C@H]2N[C@H](C)C(=O)Nc1ccc(Cl)cn1. The number of carbonyl (C=O) groups excluding carboxylic acids is 1. The molecule has 0 radical (unpaired) electrons. The number of nitrogens with zero attached hydrogens (tertiary/aromatic N) is 3. The quantitative estimate of drug-likeness (QED) is 0.872. The Morgan fingerprint density at radius 3 is 3.00 bits per heavy atom. The fourth-order valence-electron chi connectivity index (χ4n) is 3.13. The monoisotopic (exact) mass is 347 g/mol. The van der Waals surface area contributed by atoms with Crippen molar-refractivity contribution in [2.75, 3.05) is 5.32 Å². The van der Waals surface area contributed by atoms with Gasteiger partial charge in [0.2, 0.25) is 5.91 Å². The molecule has 2 aromatic rings. The summed E-state index contributed by atoms with van der Waals surface area (Å²) in [7, 11) is 0. The van der Waals surface area contributed by atoms with Crippen molar-refractivity contribution in [3.8, 4) is 0 Å². The average molecular weight is 348 g/mol.